The molecule has 1 aliphatic carbocycles. The Bertz CT molecular complexity index is 990. The van der Waals surface area contributed by atoms with E-state index in [9.17, 15) is 8.42 Å². The van der Waals surface area contributed by atoms with E-state index in [-0.39, 0.29) is 12.1 Å². The molecule has 1 saturated heterocycles. The van der Waals surface area contributed by atoms with Gasteiger partial charge in [-0.3, -0.25) is 4.90 Å². The molecule has 0 spiro atoms. The van der Waals surface area contributed by atoms with Crippen molar-refractivity contribution < 1.29 is 8.42 Å². The standard InChI is InChI=1S/C23H27N3O2S/c1-2-6-22-18-25(17-19-7-4-3-5-8-19)15-16-26(22)21-11-13-23(14-12-21)29(27,28)24-20-9-10-20/h3-5,7-8,11-14,20,22,24H,9-10,15-18H2,1H3/t22-/m0/s1. The van der Waals surface area contributed by atoms with Gasteiger partial charge >= 0.3 is 0 Å². The molecule has 5 nitrogen and oxygen atoms in total. The van der Waals surface area contributed by atoms with E-state index >= 15 is 0 Å². The number of benzene rings is 2. The van der Waals surface area contributed by atoms with Crippen molar-refractivity contribution in [2.45, 2.75) is 43.3 Å². The first-order chi connectivity index (χ1) is 14.0. The predicted molar refractivity (Wildman–Crippen MR) is 116 cm³/mol. The lowest BCUT2D eigenvalue weighted by molar-refractivity contribution is 0.232. The Morgan fingerprint density at radius 3 is 2.41 bits per heavy atom. The molecule has 2 fully saturated rings. The molecule has 1 saturated carbocycles. The Kier molecular flexibility index (Phi) is 5.91. The molecule has 0 unspecified atom stereocenters. The normalized spacial score (nSPS) is 20.2. The van der Waals surface area contributed by atoms with E-state index < -0.39 is 10.0 Å². The molecule has 29 heavy (non-hydrogen) atoms. The summed E-state index contributed by atoms with van der Waals surface area (Å²) >= 11 is 0. The Balaban J connectivity index is 1.46. The highest BCUT2D eigenvalue weighted by Gasteiger charge is 2.29. The maximum atomic E-state index is 12.4. The maximum absolute atomic E-state index is 12.4. The van der Waals surface area contributed by atoms with Crippen LogP contribution in [-0.4, -0.2) is 45.0 Å². The van der Waals surface area contributed by atoms with Gasteiger partial charge < -0.3 is 4.90 Å². The molecule has 2 aliphatic rings. The van der Waals surface area contributed by atoms with Gasteiger partial charge in [0.25, 0.3) is 0 Å². The lowest BCUT2D eigenvalue weighted by Crippen LogP contribution is -2.52. The molecule has 2 aromatic carbocycles. The smallest absolute Gasteiger partial charge is 0.240 e. The van der Waals surface area contributed by atoms with Gasteiger partial charge in [-0.25, -0.2) is 13.1 Å². The summed E-state index contributed by atoms with van der Waals surface area (Å²) in [6, 6.07) is 17.9. The molecule has 152 valence electrons. The number of rotatable bonds is 6. The van der Waals surface area contributed by atoms with E-state index in [1.54, 1.807) is 12.1 Å². The SMILES string of the molecule is CC#C[C@H]1CN(Cc2ccccc2)CCN1c1ccc(S(=O)(=O)NC2CC2)cc1. The van der Waals surface area contributed by atoms with Crippen molar-refractivity contribution in [1.82, 2.24) is 9.62 Å². The highest BCUT2D eigenvalue weighted by Crippen LogP contribution is 2.25. The molecule has 1 aliphatic heterocycles. The van der Waals surface area contributed by atoms with Crippen molar-refractivity contribution in [1.29, 1.82) is 0 Å². The van der Waals surface area contributed by atoms with Crippen LogP contribution in [0.3, 0.4) is 0 Å². The van der Waals surface area contributed by atoms with Crippen LogP contribution in [-0.2, 0) is 16.6 Å². The van der Waals surface area contributed by atoms with Crippen LogP contribution >= 0.6 is 0 Å². The number of nitrogens with one attached hydrogen (secondary N) is 1. The minimum Gasteiger partial charge on any atom is -0.355 e. The third-order valence-corrected chi connectivity index (χ3v) is 6.94. The lowest BCUT2D eigenvalue weighted by Gasteiger charge is -2.40. The lowest BCUT2D eigenvalue weighted by atomic mass is 10.1. The number of hydrogen-bond donors (Lipinski definition) is 1. The van der Waals surface area contributed by atoms with Gasteiger partial charge in [0.1, 0.15) is 6.04 Å². The van der Waals surface area contributed by atoms with Crippen molar-refractivity contribution in [2.24, 2.45) is 0 Å². The van der Waals surface area contributed by atoms with Gasteiger partial charge in [-0.05, 0) is 49.6 Å². The van der Waals surface area contributed by atoms with Crippen molar-refractivity contribution in [3.63, 3.8) is 0 Å². The molecule has 1 heterocycles. The first-order valence-corrected chi connectivity index (χ1v) is 11.6. The number of sulfonamides is 1. The number of nitrogens with zero attached hydrogens (tertiary/aromatic N) is 2. The Hall–Kier alpha value is -2.33. The molecule has 0 bridgehead atoms. The van der Waals surface area contributed by atoms with Crippen LogP contribution in [0.1, 0.15) is 25.3 Å². The fourth-order valence-electron chi connectivity index (χ4n) is 3.73. The van der Waals surface area contributed by atoms with Crippen molar-refractivity contribution in [3.05, 3.63) is 60.2 Å². The van der Waals surface area contributed by atoms with E-state index in [1.807, 2.05) is 25.1 Å². The molecule has 2 aromatic rings. The van der Waals surface area contributed by atoms with E-state index in [0.29, 0.717) is 4.90 Å². The summed E-state index contributed by atoms with van der Waals surface area (Å²) in [4.78, 5) is 5.04. The average Bonchev–Trinajstić information content (AvgIpc) is 3.53. The van der Waals surface area contributed by atoms with Gasteiger partial charge in [-0.1, -0.05) is 36.3 Å². The van der Waals surface area contributed by atoms with Gasteiger partial charge in [-0.2, -0.15) is 0 Å². The minimum absolute atomic E-state index is 0.0875. The Labute approximate surface area is 173 Å². The first kappa shape index (κ1) is 20.0. The summed E-state index contributed by atoms with van der Waals surface area (Å²) in [7, 11) is -3.42. The Morgan fingerprint density at radius 1 is 1.03 bits per heavy atom. The molecule has 0 aromatic heterocycles. The van der Waals surface area contributed by atoms with Gasteiger partial charge in [0.2, 0.25) is 10.0 Å². The van der Waals surface area contributed by atoms with Gasteiger partial charge in [0.15, 0.2) is 0 Å². The zero-order chi connectivity index (χ0) is 20.3. The zero-order valence-corrected chi connectivity index (χ0v) is 17.5. The molecular formula is C23H27N3O2S. The van der Waals surface area contributed by atoms with E-state index in [4.69, 9.17) is 0 Å². The zero-order valence-electron chi connectivity index (χ0n) is 16.7. The number of piperazine rings is 1. The van der Waals surface area contributed by atoms with Crippen LogP contribution in [0, 0.1) is 11.8 Å². The highest BCUT2D eigenvalue weighted by atomic mass is 32.2. The van der Waals surface area contributed by atoms with E-state index in [1.165, 1.54) is 5.56 Å². The fourth-order valence-corrected chi connectivity index (χ4v) is 5.03. The van der Waals surface area contributed by atoms with Gasteiger partial charge in [-0.15, -0.1) is 5.92 Å². The third kappa shape index (κ3) is 4.99. The van der Waals surface area contributed by atoms with Gasteiger partial charge in [0, 0.05) is 37.9 Å². The summed E-state index contributed by atoms with van der Waals surface area (Å²) in [5.74, 6) is 6.39. The average molecular weight is 410 g/mol. The molecule has 6 heteroatoms. The molecule has 4 rings (SSSR count). The van der Waals surface area contributed by atoms with Crippen LogP contribution in [0.4, 0.5) is 5.69 Å². The maximum Gasteiger partial charge on any atom is 0.240 e. The molecule has 1 N–H and O–H groups in total. The highest BCUT2D eigenvalue weighted by molar-refractivity contribution is 7.89. The molecule has 0 radical (unpaired) electrons. The topological polar surface area (TPSA) is 52.7 Å². The summed E-state index contributed by atoms with van der Waals surface area (Å²) in [6.07, 6.45) is 1.86. The first-order valence-electron chi connectivity index (χ1n) is 10.1. The number of anilines is 1. The van der Waals surface area contributed by atoms with Crippen LogP contribution in [0.15, 0.2) is 59.5 Å². The van der Waals surface area contributed by atoms with Crippen LogP contribution < -0.4 is 9.62 Å². The van der Waals surface area contributed by atoms with Crippen molar-refractivity contribution in [3.8, 4) is 11.8 Å². The summed E-state index contributed by atoms with van der Waals surface area (Å²) in [5.41, 5.74) is 2.32. The molecule has 0 amide bonds. The largest absolute Gasteiger partial charge is 0.355 e. The molecular weight excluding hydrogens is 382 g/mol. The van der Waals surface area contributed by atoms with Crippen molar-refractivity contribution >= 4 is 15.7 Å². The van der Waals surface area contributed by atoms with Crippen molar-refractivity contribution in [2.75, 3.05) is 24.5 Å². The number of hydrogen-bond acceptors (Lipinski definition) is 4. The van der Waals surface area contributed by atoms with Crippen LogP contribution in [0.5, 0.6) is 0 Å². The van der Waals surface area contributed by atoms with E-state index in [0.717, 1.165) is 44.7 Å². The second kappa shape index (κ2) is 8.58. The second-order valence-corrected chi connectivity index (χ2v) is 9.43. The Morgan fingerprint density at radius 2 is 1.76 bits per heavy atom. The monoisotopic (exact) mass is 409 g/mol. The predicted octanol–water partition coefficient (Wildman–Crippen LogP) is 2.84. The third-order valence-electron chi connectivity index (χ3n) is 5.40. The second-order valence-electron chi connectivity index (χ2n) is 7.71. The fraction of sp³-hybridized carbons (Fsp3) is 0.391. The van der Waals surface area contributed by atoms with Crippen LogP contribution in [0.25, 0.3) is 0 Å². The quantitative estimate of drug-likeness (QED) is 0.746. The molecule has 1 atom stereocenters. The van der Waals surface area contributed by atoms with Crippen LogP contribution in [0.2, 0.25) is 0 Å². The summed E-state index contributed by atoms with van der Waals surface area (Å²) < 4.78 is 27.5. The summed E-state index contributed by atoms with van der Waals surface area (Å²) in [6.45, 7) is 5.45. The summed E-state index contributed by atoms with van der Waals surface area (Å²) in [5, 5.41) is 0. The van der Waals surface area contributed by atoms with E-state index in [2.05, 4.69) is 50.6 Å². The van der Waals surface area contributed by atoms with Gasteiger partial charge in [0.05, 0.1) is 4.90 Å². The minimum atomic E-state index is -3.42.